The normalized spacial score (nSPS) is 29.4. The Kier molecular flexibility index (Phi) is 7.59. The zero-order chi connectivity index (χ0) is 27.0. The average molecular weight is 531 g/mol. The summed E-state index contributed by atoms with van der Waals surface area (Å²) in [6, 6.07) is 0. The molecule has 14 nitrogen and oxygen atoms in total. The van der Waals surface area contributed by atoms with Gasteiger partial charge in [0.15, 0.2) is 17.7 Å². The Balaban J connectivity index is 1.20. The van der Waals surface area contributed by atoms with E-state index in [1.165, 1.54) is 17.2 Å². The number of methoxy groups -OCH3 is 1. The molecule has 0 spiro atoms. The van der Waals surface area contributed by atoms with Crippen molar-refractivity contribution in [2.75, 3.05) is 18.6 Å². The number of rotatable bonds is 9. The molecule has 0 saturated carbocycles. The molecule has 2 fully saturated rings. The van der Waals surface area contributed by atoms with Gasteiger partial charge in [-0.1, -0.05) is 13.3 Å². The van der Waals surface area contributed by atoms with E-state index in [2.05, 4.69) is 19.9 Å². The Morgan fingerprint density at radius 2 is 1.89 bits per heavy atom. The maximum atomic E-state index is 12.5. The van der Waals surface area contributed by atoms with Crippen LogP contribution < -0.4 is 17.2 Å². The third-order valence-electron chi connectivity index (χ3n) is 7.44. The highest BCUT2D eigenvalue weighted by Crippen LogP contribution is 2.34. The number of aliphatic hydroxyl groups is 2. The molecule has 0 amide bonds. The number of aliphatic hydroxyl groups excluding tert-OH is 2. The SMILES string of the molecule is CC[C@H]1O[C@@H](n2cc(CCCC[C@H]3O[C@@H](n4cnc5c(N)ncnc54)[C@@H](O)C3O)c(N)nc2=O)C[C@@H]1OC. The molecule has 0 bridgehead atoms. The minimum absolute atomic E-state index is 0.0833. The molecule has 5 heterocycles. The number of fused-ring (bicyclic) bond motifs is 1. The van der Waals surface area contributed by atoms with Gasteiger partial charge in [0.1, 0.15) is 36.1 Å². The summed E-state index contributed by atoms with van der Waals surface area (Å²) in [5.74, 6) is 0.419. The summed E-state index contributed by atoms with van der Waals surface area (Å²) in [4.78, 5) is 28.8. The van der Waals surface area contributed by atoms with Gasteiger partial charge in [-0.3, -0.25) is 9.13 Å². The Bertz CT molecular complexity index is 1320. The molecular weight excluding hydrogens is 496 g/mol. The van der Waals surface area contributed by atoms with Crippen LogP contribution in [-0.4, -0.2) is 76.9 Å². The molecule has 7 atom stereocenters. The summed E-state index contributed by atoms with van der Waals surface area (Å²) in [7, 11) is 1.64. The van der Waals surface area contributed by atoms with Crippen molar-refractivity contribution >= 4 is 22.8 Å². The molecule has 14 heteroatoms. The first kappa shape index (κ1) is 26.4. The van der Waals surface area contributed by atoms with Crippen LogP contribution in [0.1, 0.15) is 57.0 Å². The zero-order valence-electron chi connectivity index (χ0n) is 21.4. The minimum Gasteiger partial charge on any atom is -0.388 e. The summed E-state index contributed by atoms with van der Waals surface area (Å²) in [6.45, 7) is 2.02. The molecule has 2 saturated heterocycles. The summed E-state index contributed by atoms with van der Waals surface area (Å²) in [5, 5.41) is 21.3. The van der Waals surface area contributed by atoms with Gasteiger partial charge >= 0.3 is 5.69 Å². The lowest BCUT2D eigenvalue weighted by Gasteiger charge is -2.17. The summed E-state index contributed by atoms with van der Waals surface area (Å²) in [5.41, 5.74) is 13.0. The maximum Gasteiger partial charge on any atom is 0.351 e. The molecule has 2 aliphatic heterocycles. The maximum absolute atomic E-state index is 12.5. The van der Waals surface area contributed by atoms with Crippen molar-refractivity contribution in [3.05, 3.63) is 34.9 Å². The number of anilines is 2. The minimum atomic E-state index is -1.16. The van der Waals surface area contributed by atoms with E-state index in [-0.39, 0.29) is 23.8 Å². The second-order valence-electron chi connectivity index (χ2n) is 9.76. The van der Waals surface area contributed by atoms with Crippen molar-refractivity contribution in [3.8, 4) is 0 Å². The highest BCUT2D eigenvalue weighted by Gasteiger charge is 2.44. The molecule has 6 N–H and O–H groups in total. The first-order chi connectivity index (χ1) is 18.3. The number of aryl methyl sites for hydroxylation is 1. The summed E-state index contributed by atoms with van der Waals surface area (Å²) >= 11 is 0. The third kappa shape index (κ3) is 4.85. The number of nitrogens with two attached hydrogens (primary N) is 2. The van der Waals surface area contributed by atoms with E-state index in [4.69, 9.17) is 25.7 Å². The first-order valence-corrected chi connectivity index (χ1v) is 12.8. The van der Waals surface area contributed by atoms with Crippen LogP contribution >= 0.6 is 0 Å². The van der Waals surface area contributed by atoms with E-state index in [0.29, 0.717) is 43.3 Å². The van der Waals surface area contributed by atoms with Crippen LogP contribution in [0.5, 0.6) is 0 Å². The van der Waals surface area contributed by atoms with Crippen LogP contribution in [0.15, 0.2) is 23.6 Å². The van der Waals surface area contributed by atoms with Crippen molar-refractivity contribution < 1.29 is 24.4 Å². The fourth-order valence-electron chi connectivity index (χ4n) is 5.32. The van der Waals surface area contributed by atoms with Gasteiger partial charge in [-0.05, 0) is 25.7 Å². The standard InChI is InChI=1S/C24H34N8O6/c1-3-13-15(36-2)8-16(37-13)31-9-12(20(25)30-24(31)35)6-4-5-7-14-18(33)19(34)23(38-14)32-11-29-17-21(26)27-10-28-22(17)32/h9-11,13-16,18-19,23,33-34H,3-8H2,1-2H3,(H2,25,30,35)(H2,26,27,28)/t13-,14-,15+,16-,18?,19+,23-/m1/s1. The van der Waals surface area contributed by atoms with E-state index in [0.717, 1.165) is 12.0 Å². The van der Waals surface area contributed by atoms with Crippen LogP contribution in [0.3, 0.4) is 0 Å². The quantitative estimate of drug-likeness (QED) is 0.276. The Morgan fingerprint density at radius 1 is 1.08 bits per heavy atom. The van der Waals surface area contributed by atoms with Gasteiger partial charge in [-0.25, -0.2) is 19.7 Å². The predicted molar refractivity (Wildman–Crippen MR) is 136 cm³/mol. The zero-order valence-corrected chi connectivity index (χ0v) is 21.4. The van der Waals surface area contributed by atoms with E-state index in [1.54, 1.807) is 17.9 Å². The predicted octanol–water partition coefficient (Wildman–Crippen LogP) is 0.292. The van der Waals surface area contributed by atoms with Gasteiger partial charge in [-0.2, -0.15) is 4.98 Å². The van der Waals surface area contributed by atoms with Gasteiger partial charge in [0.2, 0.25) is 0 Å². The molecule has 3 aromatic rings. The van der Waals surface area contributed by atoms with E-state index < -0.39 is 36.5 Å². The van der Waals surface area contributed by atoms with Gasteiger partial charge in [0.05, 0.1) is 24.6 Å². The molecule has 2 aliphatic rings. The lowest BCUT2D eigenvalue weighted by atomic mass is 10.0. The summed E-state index contributed by atoms with van der Waals surface area (Å²) < 4.78 is 20.6. The largest absolute Gasteiger partial charge is 0.388 e. The Hall–Kier alpha value is -3.17. The van der Waals surface area contributed by atoms with E-state index in [9.17, 15) is 15.0 Å². The van der Waals surface area contributed by atoms with E-state index >= 15 is 0 Å². The highest BCUT2D eigenvalue weighted by atomic mass is 16.6. The number of hydrogen-bond donors (Lipinski definition) is 4. The third-order valence-corrected chi connectivity index (χ3v) is 7.44. The van der Waals surface area contributed by atoms with Crippen molar-refractivity contribution in [1.29, 1.82) is 0 Å². The van der Waals surface area contributed by atoms with Crippen molar-refractivity contribution in [3.63, 3.8) is 0 Å². The smallest absolute Gasteiger partial charge is 0.351 e. The molecule has 206 valence electrons. The van der Waals surface area contributed by atoms with Crippen LogP contribution in [0.4, 0.5) is 11.6 Å². The monoisotopic (exact) mass is 530 g/mol. The number of ether oxygens (including phenoxy) is 3. The van der Waals surface area contributed by atoms with Gasteiger partial charge in [-0.15, -0.1) is 0 Å². The molecule has 3 aromatic heterocycles. The molecule has 0 aliphatic carbocycles. The topological polar surface area (TPSA) is 199 Å². The van der Waals surface area contributed by atoms with Crippen molar-refractivity contribution in [1.82, 2.24) is 29.1 Å². The molecule has 0 radical (unpaired) electrons. The Labute approximate surface area is 218 Å². The van der Waals surface area contributed by atoms with Crippen LogP contribution in [-0.2, 0) is 20.6 Å². The Morgan fingerprint density at radius 3 is 2.63 bits per heavy atom. The number of aromatic nitrogens is 6. The van der Waals surface area contributed by atoms with Crippen molar-refractivity contribution in [2.24, 2.45) is 0 Å². The van der Waals surface area contributed by atoms with Crippen LogP contribution in [0.2, 0.25) is 0 Å². The van der Waals surface area contributed by atoms with Gasteiger partial charge < -0.3 is 35.9 Å². The van der Waals surface area contributed by atoms with E-state index in [1.807, 2.05) is 6.92 Å². The molecule has 1 unspecified atom stereocenters. The van der Waals surface area contributed by atoms with Gasteiger partial charge in [0.25, 0.3) is 0 Å². The highest BCUT2D eigenvalue weighted by molar-refractivity contribution is 5.81. The molecule has 38 heavy (non-hydrogen) atoms. The lowest BCUT2D eigenvalue weighted by molar-refractivity contribution is -0.0374. The second kappa shape index (κ2) is 10.9. The molecule has 5 rings (SSSR count). The average Bonchev–Trinajstić information content (AvgIpc) is 3.60. The summed E-state index contributed by atoms with van der Waals surface area (Å²) in [6.07, 6.45) is 4.01. The van der Waals surface area contributed by atoms with Gasteiger partial charge in [0, 0.05) is 25.3 Å². The number of nitrogen functional groups attached to an aromatic ring is 2. The number of unbranched alkanes of at least 4 members (excludes halogenated alkanes) is 1. The van der Waals surface area contributed by atoms with Crippen LogP contribution in [0.25, 0.3) is 11.2 Å². The fourth-order valence-corrected chi connectivity index (χ4v) is 5.32. The lowest BCUT2D eigenvalue weighted by Crippen LogP contribution is -2.31. The number of imidazole rings is 1. The first-order valence-electron chi connectivity index (χ1n) is 12.8. The fraction of sp³-hybridized carbons (Fsp3) is 0.625. The van der Waals surface area contributed by atoms with Crippen molar-refractivity contribution in [2.45, 2.75) is 88.4 Å². The number of nitrogens with zero attached hydrogens (tertiary/aromatic N) is 6. The molecule has 0 aromatic carbocycles. The van der Waals surface area contributed by atoms with Crippen LogP contribution in [0, 0.1) is 0 Å². The second-order valence-corrected chi connectivity index (χ2v) is 9.76. The number of hydrogen-bond acceptors (Lipinski definition) is 12. The molecular formula is C24H34N8O6.